The number of hydrogen-bond acceptors (Lipinski definition) is 5. The first kappa shape index (κ1) is 15.6. The van der Waals surface area contributed by atoms with E-state index >= 15 is 0 Å². The summed E-state index contributed by atoms with van der Waals surface area (Å²) in [4.78, 5) is 12.9. The van der Waals surface area contributed by atoms with Crippen molar-refractivity contribution in [1.82, 2.24) is 25.2 Å². The van der Waals surface area contributed by atoms with Crippen molar-refractivity contribution in [2.75, 3.05) is 5.32 Å². The number of fused-ring (bicyclic) bond motifs is 1. The Bertz CT molecular complexity index is 1140. The van der Waals surface area contributed by atoms with Gasteiger partial charge in [0.1, 0.15) is 5.75 Å². The fourth-order valence-corrected chi connectivity index (χ4v) is 3.20. The van der Waals surface area contributed by atoms with Gasteiger partial charge in [0, 0.05) is 17.4 Å². The lowest BCUT2D eigenvalue weighted by Gasteiger charge is -2.07. The smallest absolute Gasteiger partial charge is 0.279 e. The first-order valence-corrected chi connectivity index (χ1v) is 8.70. The summed E-state index contributed by atoms with van der Waals surface area (Å²) in [6, 6.07) is 14.5. The second kappa shape index (κ2) is 5.94. The van der Waals surface area contributed by atoms with Crippen LogP contribution in [-0.2, 0) is 0 Å². The van der Waals surface area contributed by atoms with E-state index in [1.165, 1.54) is 0 Å². The standard InChI is InChI=1S/C19H16N6O2/c26-13-8-9-14-15(10-13)21-23-18(14)20-19(27)16-17(11-6-7-11)25(24-22-16)12-4-2-1-3-5-12/h1-5,8-11,26H,6-7H2,(H2,20,21,23,27). The number of hydrogen-bond donors (Lipinski definition) is 3. The molecule has 8 nitrogen and oxygen atoms in total. The lowest BCUT2D eigenvalue weighted by atomic mass is 10.2. The molecule has 1 aliphatic carbocycles. The molecule has 5 rings (SSSR count). The number of nitrogens with one attached hydrogen (secondary N) is 2. The average molecular weight is 360 g/mol. The minimum atomic E-state index is -0.347. The van der Waals surface area contributed by atoms with Crippen molar-refractivity contribution < 1.29 is 9.90 Å². The van der Waals surface area contributed by atoms with Crippen molar-refractivity contribution >= 4 is 22.6 Å². The molecule has 27 heavy (non-hydrogen) atoms. The summed E-state index contributed by atoms with van der Waals surface area (Å²) in [6.07, 6.45) is 2.04. The Kier molecular flexibility index (Phi) is 3.43. The molecule has 1 aliphatic rings. The third-order valence-corrected chi connectivity index (χ3v) is 4.66. The Balaban J connectivity index is 1.51. The number of H-pyrrole nitrogens is 1. The van der Waals surface area contributed by atoms with E-state index in [9.17, 15) is 9.90 Å². The van der Waals surface area contributed by atoms with Crippen LogP contribution in [0.4, 0.5) is 5.82 Å². The van der Waals surface area contributed by atoms with E-state index in [1.807, 2.05) is 30.3 Å². The highest BCUT2D eigenvalue weighted by Crippen LogP contribution is 2.42. The lowest BCUT2D eigenvalue weighted by Crippen LogP contribution is -2.15. The van der Waals surface area contributed by atoms with E-state index in [4.69, 9.17) is 0 Å². The van der Waals surface area contributed by atoms with Crippen LogP contribution in [0, 0.1) is 0 Å². The summed E-state index contributed by atoms with van der Waals surface area (Å²) in [5.74, 6) is 0.464. The summed E-state index contributed by atoms with van der Waals surface area (Å²) in [5.41, 5.74) is 2.67. The average Bonchev–Trinajstić information content (AvgIpc) is 3.31. The molecule has 2 aromatic carbocycles. The number of benzene rings is 2. The van der Waals surface area contributed by atoms with Gasteiger partial charge in [-0.25, -0.2) is 4.68 Å². The third kappa shape index (κ3) is 2.71. The van der Waals surface area contributed by atoms with Gasteiger partial charge in [-0.05, 0) is 37.1 Å². The van der Waals surface area contributed by atoms with Gasteiger partial charge >= 0.3 is 0 Å². The van der Waals surface area contributed by atoms with Gasteiger partial charge < -0.3 is 10.4 Å². The minimum Gasteiger partial charge on any atom is -0.508 e. The number of carbonyl (C=O) groups excluding carboxylic acids is 1. The number of phenolic OH excluding ortho intramolecular Hbond substituents is 1. The number of rotatable bonds is 4. The summed E-state index contributed by atoms with van der Waals surface area (Å²) in [7, 11) is 0. The lowest BCUT2D eigenvalue weighted by molar-refractivity contribution is 0.102. The highest BCUT2D eigenvalue weighted by molar-refractivity contribution is 6.07. The van der Waals surface area contributed by atoms with Gasteiger partial charge in [0.15, 0.2) is 11.5 Å². The van der Waals surface area contributed by atoms with Gasteiger partial charge in [-0.2, -0.15) is 5.10 Å². The first-order chi connectivity index (χ1) is 13.2. The number of carbonyl (C=O) groups is 1. The topological polar surface area (TPSA) is 109 Å². The van der Waals surface area contributed by atoms with Crippen LogP contribution >= 0.6 is 0 Å². The van der Waals surface area contributed by atoms with Crippen molar-refractivity contribution in [2.45, 2.75) is 18.8 Å². The van der Waals surface area contributed by atoms with Gasteiger partial charge in [0.2, 0.25) is 0 Å². The maximum Gasteiger partial charge on any atom is 0.279 e. The second-order valence-electron chi connectivity index (χ2n) is 6.60. The van der Waals surface area contributed by atoms with E-state index in [2.05, 4.69) is 25.8 Å². The first-order valence-electron chi connectivity index (χ1n) is 8.70. The van der Waals surface area contributed by atoms with E-state index < -0.39 is 0 Å². The SMILES string of the molecule is O=C(Nc1n[nH]c2cc(O)ccc12)c1nnn(-c2ccccc2)c1C1CC1. The van der Waals surface area contributed by atoms with Crippen LogP contribution in [0.2, 0.25) is 0 Å². The molecule has 2 heterocycles. The number of aromatic hydroxyl groups is 1. The molecule has 0 radical (unpaired) electrons. The molecule has 1 fully saturated rings. The molecular formula is C19H16N6O2. The maximum absolute atomic E-state index is 12.9. The second-order valence-corrected chi connectivity index (χ2v) is 6.60. The van der Waals surface area contributed by atoms with Crippen LogP contribution in [-0.4, -0.2) is 36.2 Å². The monoisotopic (exact) mass is 360 g/mol. The summed E-state index contributed by atoms with van der Waals surface area (Å²) < 4.78 is 1.74. The number of aromatic nitrogens is 5. The number of nitrogens with zero attached hydrogens (tertiary/aromatic N) is 4. The zero-order chi connectivity index (χ0) is 18.4. The highest BCUT2D eigenvalue weighted by Gasteiger charge is 2.34. The largest absolute Gasteiger partial charge is 0.508 e. The van der Waals surface area contributed by atoms with Crippen LogP contribution in [0.3, 0.4) is 0 Å². The molecule has 3 N–H and O–H groups in total. The molecule has 1 saturated carbocycles. The molecule has 0 spiro atoms. The van der Waals surface area contributed by atoms with Crippen molar-refractivity contribution in [3.05, 3.63) is 59.9 Å². The molecular weight excluding hydrogens is 344 g/mol. The molecule has 0 saturated heterocycles. The van der Waals surface area contributed by atoms with Crippen molar-refractivity contribution in [3.63, 3.8) is 0 Å². The van der Waals surface area contributed by atoms with Crippen LogP contribution in [0.25, 0.3) is 16.6 Å². The van der Waals surface area contributed by atoms with Crippen LogP contribution in [0.1, 0.15) is 34.9 Å². The molecule has 8 heteroatoms. The number of anilines is 1. The molecule has 1 amide bonds. The van der Waals surface area contributed by atoms with Crippen molar-refractivity contribution in [2.24, 2.45) is 0 Å². The number of phenols is 1. The van der Waals surface area contributed by atoms with Crippen LogP contribution in [0.5, 0.6) is 5.75 Å². The van der Waals surface area contributed by atoms with Gasteiger partial charge in [-0.15, -0.1) is 5.10 Å². The third-order valence-electron chi connectivity index (χ3n) is 4.66. The zero-order valence-corrected chi connectivity index (χ0v) is 14.3. The molecule has 0 atom stereocenters. The fourth-order valence-electron chi connectivity index (χ4n) is 3.20. The Labute approximate surface area is 153 Å². The molecule has 134 valence electrons. The van der Waals surface area contributed by atoms with E-state index in [1.54, 1.807) is 22.9 Å². The number of aromatic amines is 1. The summed E-state index contributed by atoms with van der Waals surface area (Å²) >= 11 is 0. The Morgan fingerprint density at radius 3 is 2.78 bits per heavy atom. The Hall–Kier alpha value is -3.68. The van der Waals surface area contributed by atoms with E-state index in [0.29, 0.717) is 22.4 Å². The predicted molar refractivity (Wildman–Crippen MR) is 99.0 cm³/mol. The Morgan fingerprint density at radius 2 is 2.00 bits per heavy atom. The quantitative estimate of drug-likeness (QED) is 0.518. The molecule has 2 aromatic heterocycles. The zero-order valence-electron chi connectivity index (χ0n) is 14.3. The van der Waals surface area contributed by atoms with Gasteiger partial charge in [-0.3, -0.25) is 9.89 Å². The predicted octanol–water partition coefficient (Wildman–Crippen LogP) is 2.98. The molecule has 0 bridgehead atoms. The van der Waals surface area contributed by atoms with Gasteiger partial charge in [0.25, 0.3) is 5.91 Å². The summed E-state index contributed by atoms with van der Waals surface area (Å²) in [6.45, 7) is 0. The van der Waals surface area contributed by atoms with Crippen molar-refractivity contribution in [1.29, 1.82) is 0 Å². The number of amides is 1. The molecule has 0 unspecified atom stereocenters. The fraction of sp³-hybridized carbons (Fsp3) is 0.158. The number of para-hydroxylation sites is 1. The van der Waals surface area contributed by atoms with Gasteiger partial charge in [-0.1, -0.05) is 23.4 Å². The molecule has 0 aliphatic heterocycles. The normalized spacial score (nSPS) is 13.8. The van der Waals surface area contributed by atoms with Crippen LogP contribution in [0.15, 0.2) is 48.5 Å². The van der Waals surface area contributed by atoms with Crippen LogP contribution < -0.4 is 5.32 Å². The van der Waals surface area contributed by atoms with Crippen molar-refractivity contribution in [3.8, 4) is 11.4 Å². The Morgan fingerprint density at radius 1 is 1.19 bits per heavy atom. The van der Waals surface area contributed by atoms with Gasteiger partial charge in [0.05, 0.1) is 16.9 Å². The maximum atomic E-state index is 12.9. The highest BCUT2D eigenvalue weighted by atomic mass is 16.3. The molecule has 4 aromatic rings. The van der Waals surface area contributed by atoms with E-state index in [0.717, 1.165) is 24.2 Å². The summed E-state index contributed by atoms with van der Waals surface area (Å²) in [5, 5.41) is 28.4. The van der Waals surface area contributed by atoms with E-state index in [-0.39, 0.29) is 17.6 Å². The minimum absolute atomic E-state index is 0.130.